The van der Waals surface area contributed by atoms with Crippen molar-refractivity contribution in [1.29, 1.82) is 0 Å². The Kier molecular flexibility index (Phi) is 4.23. The quantitative estimate of drug-likeness (QED) is 0.622. The summed E-state index contributed by atoms with van der Waals surface area (Å²) >= 11 is 0. The summed E-state index contributed by atoms with van der Waals surface area (Å²) in [5.74, 6) is 5.28. The Bertz CT molecular complexity index is 500. The van der Waals surface area contributed by atoms with Gasteiger partial charge in [-0.25, -0.2) is 0 Å². The second-order valence-corrected chi connectivity index (χ2v) is 9.04. The fraction of sp³-hybridized carbons (Fsp3) is 0.900. The molecule has 1 aromatic rings. The molecule has 3 nitrogen and oxygen atoms in total. The predicted octanol–water partition coefficient (Wildman–Crippen LogP) is 5.51. The number of aromatic nitrogens is 2. The van der Waals surface area contributed by atoms with Crippen molar-refractivity contribution in [2.75, 3.05) is 0 Å². The molecule has 4 aliphatic carbocycles. The first-order valence-electron chi connectivity index (χ1n) is 9.98. The van der Waals surface area contributed by atoms with Crippen molar-refractivity contribution in [3.05, 3.63) is 11.7 Å². The maximum absolute atomic E-state index is 5.61. The van der Waals surface area contributed by atoms with Crippen LogP contribution in [0.25, 0.3) is 0 Å². The van der Waals surface area contributed by atoms with Crippen molar-refractivity contribution in [1.82, 2.24) is 10.1 Å². The molecule has 0 radical (unpaired) electrons. The molecular weight excluding hydrogens is 284 g/mol. The Hall–Kier alpha value is -0.860. The lowest BCUT2D eigenvalue weighted by molar-refractivity contribution is -0.0533. The monoisotopic (exact) mass is 316 g/mol. The smallest absolute Gasteiger partial charge is 0.229 e. The molecule has 0 aliphatic heterocycles. The summed E-state index contributed by atoms with van der Waals surface area (Å²) in [6, 6.07) is 0. The molecule has 5 rings (SSSR count). The van der Waals surface area contributed by atoms with Gasteiger partial charge in [-0.2, -0.15) is 4.98 Å². The van der Waals surface area contributed by atoms with Crippen molar-refractivity contribution in [2.45, 2.75) is 90.4 Å². The van der Waals surface area contributed by atoms with Crippen LogP contribution in [0.5, 0.6) is 0 Å². The van der Waals surface area contributed by atoms with Crippen molar-refractivity contribution in [2.24, 2.45) is 23.2 Å². The van der Waals surface area contributed by atoms with Gasteiger partial charge in [0, 0.05) is 12.3 Å². The third kappa shape index (κ3) is 3.21. The summed E-state index contributed by atoms with van der Waals surface area (Å²) in [6.45, 7) is 4.48. The highest BCUT2D eigenvalue weighted by molar-refractivity contribution is 5.06. The lowest BCUT2D eigenvalue weighted by Crippen LogP contribution is -2.47. The van der Waals surface area contributed by atoms with E-state index >= 15 is 0 Å². The summed E-state index contributed by atoms with van der Waals surface area (Å²) in [7, 11) is 0. The molecule has 0 aromatic carbocycles. The Labute approximate surface area is 140 Å². The molecule has 0 amide bonds. The van der Waals surface area contributed by atoms with E-state index in [0.717, 1.165) is 35.9 Å². The van der Waals surface area contributed by atoms with Crippen molar-refractivity contribution in [3.8, 4) is 0 Å². The Morgan fingerprint density at radius 3 is 2.35 bits per heavy atom. The molecule has 0 saturated heterocycles. The molecule has 4 fully saturated rings. The van der Waals surface area contributed by atoms with Crippen LogP contribution in [0.3, 0.4) is 0 Å². The highest BCUT2D eigenvalue weighted by Crippen LogP contribution is 2.60. The molecule has 4 saturated carbocycles. The zero-order chi connectivity index (χ0) is 15.9. The van der Waals surface area contributed by atoms with E-state index in [2.05, 4.69) is 19.0 Å². The van der Waals surface area contributed by atoms with Crippen LogP contribution in [-0.4, -0.2) is 10.1 Å². The Morgan fingerprint density at radius 1 is 1.09 bits per heavy atom. The third-order valence-corrected chi connectivity index (χ3v) is 6.84. The van der Waals surface area contributed by atoms with E-state index in [-0.39, 0.29) is 0 Å². The van der Waals surface area contributed by atoms with Gasteiger partial charge in [-0.15, -0.1) is 0 Å². The van der Waals surface area contributed by atoms with Gasteiger partial charge < -0.3 is 4.52 Å². The van der Waals surface area contributed by atoms with Crippen molar-refractivity contribution in [3.63, 3.8) is 0 Å². The third-order valence-electron chi connectivity index (χ3n) is 6.84. The average molecular weight is 316 g/mol. The minimum Gasteiger partial charge on any atom is -0.339 e. The Balaban J connectivity index is 1.40. The van der Waals surface area contributed by atoms with E-state index in [0.29, 0.717) is 11.3 Å². The van der Waals surface area contributed by atoms with Crippen LogP contribution < -0.4 is 0 Å². The van der Waals surface area contributed by atoms with Gasteiger partial charge in [0.1, 0.15) is 0 Å². The average Bonchev–Trinajstić information content (AvgIpc) is 2.93. The highest BCUT2D eigenvalue weighted by atomic mass is 16.5. The van der Waals surface area contributed by atoms with Gasteiger partial charge in [-0.05, 0) is 68.1 Å². The van der Waals surface area contributed by atoms with Crippen molar-refractivity contribution >= 4 is 0 Å². The zero-order valence-corrected chi connectivity index (χ0v) is 14.9. The summed E-state index contributed by atoms with van der Waals surface area (Å²) in [6.07, 6.45) is 14.9. The molecular formula is C20H32N2O. The molecule has 3 heteroatoms. The van der Waals surface area contributed by atoms with E-state index in [1.54, 1.807) is 0 Å². The van der Waals surface area contributed by atoms with Gasteiger partial charge in [0.2, 0.25) is 5.89 Å². The molecule has 1 heterocycles. The molecule has 4 aliphatic rings. The van der Waals surface area contributed by atoms with Crippen LogP contribution in [0.4, 0.5) is 0 Å². The van der Waals surface area contributed by atoms with Crippen molar-refractivity contribution < 1.29 is 4.52 Å². The van der Waals surface area contributed by atoms with Crippen LogP contribution in [0.15, 0.2) is 4.52 Å². The zero-order valence-electron chi connectivity index (χ0n) is 14.9. The molecule has 1 aromatic heterocycles. The first-order valence-corrected chi connectivity index (χ1v) is 9.98. The van der Waals surface area contributed by atoms with Gasteiger partial charge in [0.25, 0.3) is 0 Å². The van der Waals surface area contributed by atoms with Crippen LogP contribution in [0.1, 0.15) is 95.7 Å². The number of hydrogen-bond acceptors (Lipinski definition) is 3. The fourth-order valence-corrected chi connectivity index (χ4v) is 6.21. The predicted molar refractivity (Wildman–Crippen MR) is 91.2 cm³/mol. The summed E-state index contributed by atoms with van der Waals surface area (Å²) < 4.78 is 5.61. The van der Waals surface area contributed by atoms with E-state index in [4.69, 9.17) is 9.51 Å². The summed E-state index contributed by atoms with van der Waals surface area (Å²) in [4.78, 5) is 4.79. The van der Waals surface area contributed by atoms with Gasteiger partial charge in [0.05, 0.1) is 0 Å². The molecule has 128 valence electrons. The molecule has 0 unspecified atom stereocenters. The SMILES string of the molecule is CCCCC[C@H](C)c1nc(CC23CC4CC(CC(C4)C2)C3)no1. The van der Waals surface area contributed by atoms with E-state index in [1.807, 2.05) is 0 Å². The number of unbranched alkanes of at least 4 members (excludes halogenated alkanes) is 2. The number of hydrogen-bond donors (Lipinski definition) is 0. The van der Waals surface area contributed by atoms with Gasteiger partial charge in [0.15, 0.2) is 5.82 Å². The fourth-order valence-electron chi connectivity index (χ4n) is 6.21. The number of nitrogens with zero attached hydrogens (tertiary/aromatic N) is 2. The second-order valence-electron chi connectivity index (χ2n) is 9.04. The molecule has 1 atom stereocenters. The standard InChI is InChI=1S/C20H32N2O/c1-3-4-5-6-14(2)19-21-18(22-23-19)13-20-10-15-7-16(11-20)9-17(8-15)12-20/h14-17H,3-13H2,1-2H3/t14-,15?,16?,17?,20?/m0/s1. The molecule has 0 spiro atoms. The van der Waals surface area contributed by atoms with Crippen LogP contribution in [-0.2, 0) is 6.42 Å². The lowest BCUT2D eigenvalue weighted by Gasteiger charge is -2.56. The van der Waals surface area contributed by atoms with Crippen LogP contribution >= 0.6 is 0 Å². The second kappa shape index (κ2) is 6.22. The van der Waals surface area contributed by atoms with Crippen LogP contribution in [0, 0.1) is 23.2 Å². The maximum Gasteiger partial charge on any atom is 0.229 e. The number of rotatable bonds is 7. The van der Waals surface area contributed by atoms with Gasteiger partial charge in [-0.3, -0.25) is 0 Å². The van der Waals surface area contributed by atoms with Gasteiger partial charge in [-0.1, -0.05) is 38.3 Å². The topological polar surface area (TPSA) is 38.9 Å². The van der Waals surface area contributed by atoms with E-state index in [9.17, 15) is 0 Å². The molecule has 23 heavy (non-hydrogen) atoms. The van der Waals surface area contributed by atoms with Crippen LogP contribution in [0.2, 0.25) is 0 Å². The Morgan fingerprint density at radius 2 is 1.74 bits per heavy atom. The lowest BCUT2D eigenvalue weighted by atomic mass is 9.49. The normalized spacial score (nSPS) is 36.5. The minimum absolute atomic E-state index is 0.416. The van der Waals surface area contributed by atoms with Gasteiger partial charge >= 0.3 is 0 Å². The van der Waals surface area contributed by atoms with E-state index < -0.39 is 0 Å². The molecule has 0 N–H and O–H groups in total. The first-order chi connectivity index (χ1) is 11.2. The first kappa shape index (κ1) is 15.7. The minimum atomic E-state index is 0.416. The largest absolute Gasteiger partial charge is 0.339 e. The molecule has 4 bridgehead atoms. The van der Waals surface area contributed by atoms with E-state index in [1.165, 1.54) is 64.2 Å². The summed E-state index contributed by atoms with van der Waals surface area (Å²) in [5, 5.41) is 4.36. The highest BCUT2D eigenvalue weighted by Gasteiger charge is 2.51. The summed E-state index contributed by atoms with van der Waals surface area (Å²) in [5.41, 5.74) is 0.515. The maximum atomic E-state index is 5.61.